The lowest BCUT2D eigenvalue weighted by Gasteiger charge is -2.40. The maximum Gasteiger partial charge on any atom is 0.330 e. The summed E-state index contributed by atoms with van der Waals surface area (Å²) < 4.78 is 27.1. The first-order valence-electron chi connectivity index (χ1n) is 14.5. The van der Waals surface area contributed by atoms with E-state index >= 15 is 0 Å². The van der Waals surface area contributed by atoms with Crippen LogP contribution in [-0.4, -0.2) is 51.6 Å². The lowest BCUT2D eigenvalue weighted by Crippen LogP contribution is -2.48. The van der Waals surface area contributed by atoms with Gasteiger partial charge in [-0.25, -0.2) is 4.79 Å². The Morgan fingerprint density at radius 1 is 1.00 bits per heavy atom. The minimum Gasteiger partial charge on any atom is -0.414 e. The molecule has 0 bridgehead atoms. The molecule has 1 aromatic heterocycles. The van der Waals surface area contributed by atoms with E-state index in [1.54, 1.807) is 6.20 Å². The number of ether oxygens (including phenoxy) is 2. The van der Waals surface area contributed by atoms with Crippen LogP contribution in [0.25, 0.3) is 6.08 Å². The maximum absolute atomic E-state index is 12.9. The molecule has 0 unspecified atom stereocenters. The molecule has 10 heteroatoms. The summed E-state index contributed by atoms with van der Waals surface area (Å²) >= 11 is 0. The first-order chi connectivity index (χ1) is 18.9. The molecule has 228 valence electrons. The molecule has 3 atom stereocenters. The molecule has 2 heterocycles. The van der Waals surface area contributed by atoms with E-state index in [-0.39, 0.29) is 28.9 Å². The van der Waals surface area contributed by atoms with Crippen LogP contribution in [-0.2, 0) is 24.9 Å². The Morgan fingerprint density at radius 3 is 2.24 bits per heavy atom. The molecule has 8 nitrogen and oxygen atoms in total. The van der Waals surface area contributed by atoms with Crippen LogP contribution >= 0.6 is 0 Å². The van der Waals surface area contributed by atoms with Crippen LogP contribution in [0.3, 0.4) is 0 Å². The SMILES string of the molecule is CC(C)(C)[Si](C)(C)OC[C@H]1O[C@@H](n2cc(COCC=Cc3ccccc3)c(=O)[nH]c2=O)C[C@@H]1O[Si](C)(C)C(C)(C)C. The first kappa shape index (κ1) is 33.4. The van der Waals surface area contributed by atoms with Crippen molar-refractivity contribution in [3.8, 4) is 0 Å². The summed E-state index contributed by atoms with van der Waals surface area (Å²) in [4.78, 5) is 28.0. The lowest BCUT2D eigenvalue weighted by atomic mass is 10.2. The first-order valence-corrected chi connectivity index (χ1v) is 20.3. The molecule has 1 N–H and O–H groups in total. The fourth-order valence-corrected chi connectivity index (χ4v) is 6.41. The molecule has 0 saturated carbocycles. The summed E-state index contributed by atoms with van der Waals surface area (Å²) in [6.45, 7) is 22.9. The molecule has 1 aliphatic heterocycles. The number of aromatic nitrogens is 2. The molecule has 0 aliphatic carbocycles. The van der Waals surface area contributed by atoms with Crippen molar-refractivity contribution in [3.63, 3.8) is 0 Å². The van der Waals surface area contributed by atoms with Crippen molar-refractivity contribution in [2.75, 3.05) is 13.2 Å². The van der Waals surface area contributed by atoms with E-state index in [0.717, 1.165) is 5.56 Å². The van der Waals surface area contributed by atoms with E-state index in [1.807, 2.05) is 42.5 Å². The highest BCUT2D eigenvalue weighted by Gasteiger charge is 2.46. The van der Waals surface area contributed by atoms with Crippen molar-refractivity contribution in [1.82, 2.24) is 9.55 Å². The fraction of sp³-hybridized carbons (Fsp3) is 0.613. The Bertz CT molecular complexity index is 1290. The van der Waals surface area contributed by atoms with Crippen LogP contribution in [0.1, 0.15) is 65.3 Å². The monoisotopic (exact) mass is 602 g/mol. The van der Waals surface area contributed by atoms with E-state index in [2.05, 4.69) is 72.7 Å². The number of nitrogens with zero attached hydrogens (tertiary/aromatic N) is 1. The third-order valence-electron chi connectivity index (χ3n) is 8.78. The van der Waals surface area contributed by atoms with Gasteiger partial charge >= 0.3 is 5.69 Å². The van der Waals surface area contributed by atoms with Crippen LogP contribution in [0.15, 0.2) is 52.2 Å². The molecule has 1 aromatic carbocycles. The standard InChI is InChI=1S/C31H50N2O6Si2/c1-30(2,3)40(7,8)37-22-26-25(39-41(9,10)31(4,5)6)19-27(38-26)33-20-24(28(34)32-29(33)35)21-36-18-14-17-23-15-12-11-13-16-23/h11-17,20,25-27H,18-19,21-22H2,1-10H3,(H,32,34,35)/t25-,26+,27+/m0/s1. The highest BCUT2D eigenvalue weighted by atomic mass is 28.4. The Labute approximate surface area is 247 Å². The third-order valence-corrected chi connectivity index (χ3v) is 17.8. The van der Waals surface area contributed by atoms with Gasteiger partial charge in [0.05, 0.1) is 31.5 Å². The summed E-state index contributed by atoms with van der Waals surface area (Å²) in [6.07, 6.45) is 4.77. The topological polar surface area (TPSA) is 91.8 Å². The molecule has 0 radical (unpaired) electrons. The van der Waals surface area contributed by atoms with Gasteiger partial charge in [0, 0.05) is 12.6 Å². The zero-order valence-corrected chi connectivity index (χ0v) is 28.6. The average molecular weight is 603 g/mol. The summed E-state index contributed by atoms with van der Waals surface area (Å²) in [6, 6.07) is 9.92. The van der Waals surface area contributed by atoms with Gasteiger partial charge < -0.3 is 18.3 Å². The maximum atomic E-state index is 12.9. The number of hydrogen-bond acceptors (Lipinski definition) is 6. The molecular weight excluding hydrogens is 553 g/mol. The smallest absolute Gasteiger partial charge is 0.330 e. The molecule has 3 rings (SSSR count). The Morgan fingerprint density at radius 2 is 1.63 bits per heavy atom. The summed E-state index contributed by atoms with van der Waals surface area (Å²) in [5.41, 5.74) is 0.472. The highest BCUT2D eigenvalue weighted by molar-refractivity contribution is 6.74. The van der Waals surface area contributed by atoms with Gasteiger partial charge in [-0.15, -0.1) is 0 Å². The molecule has 2 aromatic rings. The van der Waals surface area contributed by atoms with Crippen molar-refractivity contribution in [3.05, 3.63) is 74.6 Å². The number of aromatic amines is 1. The van der Waals surface area contributed by atoms with Gasteiger partial charge in [0.1, 0.15) is 12.3 Å². The average Bonchev–Trinajstić information content (AvgIpc) is 3.24. The summed E-state index contributed by atoms with van der Waals surface area (Å²) in [5, 5.41) is 0.0754. The lowest BCUT2D eigenvalue weighted by molar-refractivity contribution is -0.0414. The Balaban J connectivity index is 1.78. The van der Waals surface area contributed by atoms with Gasteiger partial charge in [-0.3, -0.25) is 14.3 Å². The number of hydrogen-bond donors (Lipinski definition) is 1. The van der Waals surface area contributed by atoms with Crippen molar-refractivity contribution in [1.29, 1.82) is 0 Å². The second kappa shape index (κ2) is 13.1. The minimum absolute atomic E-state index is 0.0181. The van der Waals surface area contributed by atoms with Crippen molar-refractivity contribution in [2.24, 2.45) is 0 Å². The van der Waals surface area contributed by atoms with E-state index in [4.69, 9.17) is 18.3 Å². The van der Waals surface area contributed by atoms with Crippen LogP contribution in [0.5, 0.6) is 0 Å². The molecule has 0 spiro atoms. The second-order valence-corrected chi connectivity index (χ2v) is 23.6. The minimum atomic E-state index is -2.13. The quantitative estimate of drug-likeness (QED) is 0.234. The van der Waals surface area contributed by atoms with Gasteiger partial charge in [-0.1, -0.05) is 84.0 Å². The van der Waals surface area contributed by atoms with Crippen LogP contribution < -0.4 is 11.2 Å². The summed E-state index contributed by atoms with van der Waals surface area (Å²) in [5.74, 6) is 0. The van der Waals surface area contributed by atoms with Crippen molar-refractivity contribution >= 4 is 22.7 Å². The predicted octanol–water partition coefficient (Wildman–Crippen LogP) is 6.47. The van der Waals surface area contributed by atoms with Gasteiger partial charge in [0.25, 0.3) is 5.56 Å². The van der Waals surface area contributed by atoms with Crippen molar-refractivity contribution < 1.29 is 18.3 Å². The predicted molar refractivity (Wildman–Crippen MR) is 170 cm³/mol. The Kier molecular flexibility index (Phi) is 10.6. The number of nitrogens with one attached hydrogen (secondary N) is 1. The molecule has 41 heavy (non-hydrogen) atoms. The number of H-pyrrole nitrogens is 1. The van der Waals surface area contributed by atoms with Gasteiger partial charge in [-0.05, 0) is 41.8 Å². The van der Waals surface area contributed by atoms with E-state index in [0.29, 0.717) is 25.2 Å². The van der Waals surface area contributed by atoms with E-state index in [9.17, 15) is 9.59 Å². The molecule has 1 saturated heterocycles. The molecular formula is C31H50N2O6Si2. The third kappa shape index (κ3) is 8.71. The zero-order chi connectivity index (χ0) is 30.6. The van der Waals surface area contributed by atoms with Gasteiger partial charge in [0.15, 0.2) is 16.6 Å². The van der Waals surface area contributed by atoms with E-state index in [1.165, 1.54) is 4.57 Å². The molecule has 1 aliphatic rings. The van der Waals surface area contributed by atoms with E-state index < -0.39 is 34.1 Å². The largest absolute Gasteiger partial charge is 0.414 e. The van der Waals surface area contributed by atoms with Crippen LogP contribution in [0.4, 0.5) is 0 Å². The number of rotatable bonds is 11. The molecule has 1 fully saturated rings. The normalized spacial score (nSPS) is 20.7. The Hall–Kier alpha value is -2.09. The fourth-order valence-electron chi connectivity index (χ4n) is 4.04. The second-order valence-electron chi connectivity index (χ2n) is 14.0. The van der Waals surface area contributed by atoms with Crippen LogP contribution in [0, 0.1) is 0 Å². The molecule has 0 amide bonds. The van der Waals surface area contributed by atoms with Crippen LogP contribution in [0.2, 0.25) is 36.3 Å². The number of benzene rings is 1. The highest BCUT2D eigenvalue weighted by Crippen LogP contribution is 2.42. The van der Waals surface area contributed by atoms with Gasteiger partial charge in [-0.2, -0.15) is 0 Å². The zero-order valence-electron chi connectivity index (χ0n) is 26.6. The summed E-state index contributed by atoms with van der Waals surface area (Å²) in [7, 11) is -4.17. The van der Waals surface area contributed by atoms with Gasteiger partial charge in [0.2, 0.25) is 0 Å². The van der Waals surface area contributed by atoms with Crippen molar-refractivity contribution in [2.45, 2.75) is 109 Å².